The summed E-state index contributed by atoms with van der Waals surface area (Å²) in [5.74, 6) is -4.96. The minimum absolute atomic E-state index is 0.00256. The highest BCUT2D eigenvalue weighted by molar-refractivity contribution is 7.98. The third kappa shape index (κ3) is 14.8. The predicted octanol–water partition coefficient (Wildman–Crippen LogP) is 1.52. The molecule has 17 heteroatoms. The van der Waals surface area contributed by atoms with Crippen molar-refractivity contribution in [1.29, 1.82) is 0 Å². The van der Waals surface area contributed by atoms with Crippen molar-refractivity contribution < 1.29 is 43.4 Å². The van der Waals surface area contributed by atoms with Gasteiger partial charge in [-0.1, -0.05) is 48.5 Å². The molecule has 0 spiro atoms. The third-order valence-electron chi connectivity index (χ3n) is 7.88. The Hall–Kier alpha value is -5.58. The molecule has 0 saturated carbocycles. The summed E-state index contributed by atoms with van der Waals surface area (Å²) >= 11 is 1.39. The number of carbonyl (C=O) groups is 7. The maximum absolute atomic E-state index is 13.9. The molecule has 9 N–H and O–H groups in total. The number of thioether (sulfide) groups is 1. The molecular formula is C37H49N7O9S. The van der Waals surface area contributed by atoms with Crippen LogP contribution in [0.15, 0.2) is 60.7 Å². The van der Waals surface area contributed by atoms with Gasteiger partial charge in [0.1, 0.15) is 29.8 Å². The first kappa shape index (κ1) is 42.8. The van der Waals surface area contributed by atoms with Crippen LogP contribution >= 0.6 is 11.8 Å². The van der Waals surface area contributed by atoms with Gasteiger partial charge in [0.15, 0.2) is 0 Å². The summed E-state index contributed by atoms with van der Waals surface area (Å²) in [5.41, 5.74) is 6.91. The zero-order chi connectivity index (χ0) is 39.8. The topological polar surface area (TPSA) is 251 Å². The molecule has 3 aromatic rings. The number of alkyl carbamates (subject to hydrolysis) is 1. The number of nitrogens with one attached hydrogen (secondary N) is 6. The van der Waals surface area contributed by atoms with Crippen molar-refractivity contribution >= 4 is 64.3 Å². The minimum atomic E-state index is -1.62. The number of hydrogen-bond acceptors (Lipinski definition) is 9. The molecule has 0 saturated heterocycles. The Kier molecular flexibility index (Phi) is 16.3. The fourth-order valence-corrected chi connectivity index (χ4v) is 5.78. The van der Waals surface area contributed by atoms with Crippen LogP contribution in [0.25, 0.3) is 10.9 Å². The number of hydrogen-bond donors (Lipinski definition) is 8. The lowest BCUT2D eigenvalue weighted by Gasteiger charge is -2.26. The number of carboxylic acid groups (broad SMARTS) is 1. The summed E-state index contributed by atoms with van der Waals surface area (Å²) in [7, 11) is 0. The van der Waals surface area contributed by atoms with E-state index < -0.39 is 77.8 Å². The fourth-order valence-electron chi connectivity index (χ4n) is 5.31. The van der Waals surface area contributed by atoms with Gasteiger partial charge in [-0.15, -0.1) is 0 Å². The molecule has 54 heavy (non-hydrogen) atoms. The zero-order valence-corrected chi connectivity index (χ0v) is 31.5. The van der Waals surface area contributed by atoms with Gasteiger partial charge in [-0.3, -0.25) is 28.8 Å². The summed E-state index contributed by atoms with van der Waals surface area (Å²) in [6.45, 7) is 5.03. The standard InChI is InChI=1S/C37H49N7O9S/c1-37(2,3)53-36(52)39-16-14-30(45)41-28(20-24-19-23-12-8-9-13-25(23)40-24)34(50)42-26(15-17-54-4)33(49)44-29(21-31(46)47)35(51)43-27(32(38)48)18-22-10-6-5-7-11-22/h5-13,19,26-29,40H,14-18,20-21H2,1-4H3,(H2,38,48)(H,39,52)(H,41,45)(H,42,50)(H,43,51)(H,44,49)(H,46,47). The van der Waals surface area contributed by atoms with E-state index in [-0.39, 0.29) is 32.2 Å². The largest absolute Gasteiger partial charge is 0.481 e. The Morgan fingerprint density at radius 3 is 2.06 bits per heavy atom. The first-order chi connectivity index (χ1) is 25.5. The van der Waals surface area contributed by atoms with E-state index in [0.717, 1.165) is 10.9 Å². The van der Waals surface area contributed by atoms with Crippen molar-refractivity contribution in [2.45, 2.75) is 82.6 Å². The van der Waals surface area contributed by atoms with Crippen molar-refractivity contribution in [3.63, 3.8) is 0 Å². The number of aromatic amines is 1. The lowest BCUT2D eigenvalue weighted by atomic mass is 10.0. The van der Waals surface area contributed by atoms with Gasteiger partial charge in [-0.25, -0.2) is 4.79 Å². The number of primary amides is 1. The molecule has 0 aliphatic heterocycles. The molecule has 4 atom stereocenters. The molecule has 0 fully saturated rings. The molecule has 0 aliphatic rings. The average Bonchev–Trinajstić information content (AvgIpc) is 3.51. The average molecular weight is 768 g/mol. The molecule has 6 amide bonds. The van der Waals surface area contributed by atoms with Crippen LogP contribution in [0.5, 0.6) is 0 Å². The molecule has 2 aromatic carbocycles. The molecule has 1 aromatic heterocycles. The molecule has 3 rings (SSSR count). The summed E-state index contributed by atoms with van der Waals surface area (Å²) in [5, 5.41) is 23.2. The number of nitrogens with two attached hydrogens (primary N) is 1. The lowest BCUT2D eigenvalue weighted by molar-refractivity contribution is -0.141. The molecule has 0 aliphatic carbocycles. The van der Waals surface area contributed by atoms with Gasteiger partial charge >= 0.3 is 12.1 Å². The maximum atomic E-state index is 13.9. The molecule has 16 nitrogen and oxygen atoms in total. The van der Waals surface area contributed by atoms with Gasteiger partial charge in [0.05, 0.1) is 6.42 Å². The van der Waals surface area contributed by atoms with Crippen molar-refractivity contribution in [3.8, 4) is 0 Å². The Labute approximate surface area is 317 Å². The molecule has 4 unspecified atom stereocenters. The van der Waals surface area contributed by atoms with E-state index in [1.165, 1.54) is 11.8 Å². The van der Waals surface area contributed by atoms with E-state index in [0.29, 0.717) is 17.0 Å². The highest BCUT2D eigenvalue weighted by atomic mass is 32.2. The summed E-state index contributed by atoms with van der Waals surface area (Å²) < 4.78 is 5.19. The van der Waals surface area contributed by atoms with Crippen LogP contribution in [0.1, 0.15) is 51.3 Å². The number of rotatable bonds is 20. The molecular weight excluding hydrogens is 719 g/mol. The number of fused-ring (bicyclic) bond motifs is 1. The van der Waals surface area contributed by atoms with E-state index in [9.17, 15) is 38.7 Å². The van der Waals surface area contributed by atoms with Gasteiger partial charge < -0.3 is 47.1 Å². The Balaban J connectivity index is 1.78. The van der Waals surface area contributed by atoms with Crippen LogP contribution in [0, 0.1) is 0 Å². The first-order valence-corrected chi connectivity index (χ1v) is 18.7. The smallest absolute Gasteiger partial charge is 0.407 e. The molecule has 0 bridgehead atoms. The highest BCUT2D eigenvalue weighted by Gasteiger charge is 2.32. The van der Waals surface area contributed by atoms with Crippen LogP contribution in [0.4, 0.5) is 4.79 Å². The number of ether oxygens (including phenoxy) is 1. The molecule has 1 heterocycles. The van der Waals surface area contributed by atoms with Gasteiger partial charge in [-0.05, 0) is 62.3 Å². The minimum Gasteiger partial charge on any atom is -0.481 e. The van der Waals surface area contributed by atoms with Crippen molar-refractivity contribution in [2.24, 2.45) is 5.73 Å². The zero-order valence-electron chi connectivity index (χ0n) is 30.7. The second-order valence-corrected chi connectivity index (χ2v) is 14.5. The summed E-state index contributed by atoms with van der Waals surface area (Å²) in [6, 6.07) is 12.7. The van der Waals surface area contributed by atoms with Gasteiger partial charge in [0, 0.05) is 37.0 Å². The monoisotopic (exact) mass is 767 g/mol. The Morgan fingerprint density at radius 2 is 1.43 bits per heavy atom. The van der Waals surface area contributed by atoms with Crippen LogP contribution in [0.3, 0.4) is 0 Å². The van der Waals surface area contributed by atoms with Gasteiger partial charge in [0.25, 0.3) is 0 Å². The van der Waals surface area contributed by atoms with Gasteiger partial charge in [-0.2, -0.15) is 11.8 Å². The first-order valence-electron chi connectivity index (χ1n) is 17.3. The highest BCUT2D eigenvalue weighted by Crippen LogP contribution is 2.16. The molecule has 292 valence electrons. The van der Waals surface area contributed by atoms with Crippen molar-refractivity contribution in [1.82, 2.24) is 31.6 Å². The molecule has 0 radical (unpaired) electrons. The fraction of sp³-hybridized carbons (Fsp3) is 0.432. The maximum Gasteiger partial charge on any atom is 0.407 e. The lowest BCUT2D eigenvalue weighted by Crippen LogP contribution is -2.59. The SMILES string of the molecule is CSCCC(NC(=O)C(Cc1cc2ccccc2[nH]1)NC(=O)CCNC(=O)OC(C)(C)C)C(=O)NC(CC(=O)O)C(=O)NC(Cc1ccccc1)C(N)=O. The number of benzene rings is 2. The summed E-state index contributed by atoms with van der Waals surface area (Å²) in [4.78, 5) is 93.1. The summed E-state index contributed by atoms with van der Waals surface area (Å²) in [6.07, 6.45) is 0.193. The van der Waals surface area contributed by atoms with Gasteiger partial charge in [0.2, 0.25) is 29.5 Å². The van der Waals surface area contributed by atoms with Crippen LogP contribution in [-0.4, -0.2) is 100 Å². The number of H-pyrrole nitrogens is 1. The number of carbonyl (C=O) groups excluding carboxylic acids is 6. The Morgan fingerprint density at radius 1 is 0.815 bits per heavy atom. The van der Waals surface area contributed by atoms with Crippen molar-refractivity contribution in [2.75, 3.05) is 18.6 Å². The number of amides is 6. The van der Waals surface area contributed by atoms with E-state index in [2.05, 4.69) is 31.6 Å². The van der Waals surface area contributed by atoms with Crippen LogP contribution in [-0.2, 0) is 46.3 Å². The predicted molar refractivity (Wildman–Crippen MR) is 203 cm³/mol. The van der Waals surface area contributed by atoms with Crippen LogP contribution in [0.2, 0.25) is 0 Å². The number of aliphatic carboxylic acids is 1. The number of para-hydroxylation sites is 1. The normalized spacial score (nSPS) is 13.4. The second kappa shape index (κ2) is 20.6. The second-order valence-electron chi connectivity index (χ2n) is 13.5. The number of aromatic nitrogens is 1. The van der Waals surface area contributed by atoms with E-state index >= 15 is 0 Å². The van der Waals surface area contributed by atoms with Crippen molar-refractivity contribution in [3.05, 3.63) is 71.9 Å². The van der Waals surface area contributed by atoms with E-state index in [4.69, 9.17) is 10.5 Å². The number of carboxylic acids is 1. The van der Waals surface area contributed by atoms with E-state index in [1.807, 2.05) is 30.3 Å². The quantitative estimate of drug-likeness (QED) is 0.0823. The van der Waals surface area contributed by atoms with Crippen LogP contribution < -0.4 is 32.3 Å². The Bertz CT molecular complexity index is 1740. The third-order valence-corrected chi connectivity index (χ3v) is 8.52. The van der Waals surface area contributed by atoms with E-state index in [1.54, 1.807) is 57.4 Å².